The number of halogens is 4. The van der Waals surface area contributed by atoms with E-state index in [0.29, 0.717) is 25.6 Å². The maximum absolute atomic E-state index is 12.9. The van der Waals surface area contributed by atoms with Crippen LogP contribution in [-0.2, 0) is 0 Å². The van der Waals surface area contributed by atoms with Crippen LogP contribution >= 0.6 is 0 Å². The van der Waals surface area contributed by atoms with Gasteiger partial charge in [0.05, 0.1) is 6.54 Å². The minimum absolute atomic E-state index is 0.210. The number of nitrogens with zero attached hydrogens (tertiary/aromatic N) is 1. The molecule has 1 unspecified atom stereocenters. The van der Waals surface area contributed by atoms with Gasteiger partial charge in [-0.25, -0.2) is 8.78 Å². The highest BCUT2D eigenvalue weighted by Crippen LogP contribution is 2.34. The Labute approximate surface area is 92.0 Å². The van der Waals surface area contributed by atoms with E-state index in [0.717, 1.165) is 12.8 Å². The van der Waals surface area contributed by atoms with Crippen LogP contribution in [0, 0.1) is 5.92 Å². The van der Waals surface area contributed by atoms with Crippen molar-refractivity contribution in [2.24, 2.45) is 5.92 Å². The van der Waals surface area contributed by atoms with Crippen LogP contribution in [0.15, 0.2) is 0 Å². The molecule has 0 aromatic carbocycles. The summed E-state index contributed by atoms with van der Waals surface area (Å²) < 4.78 is 49.8. The lowest BCUT2D eigenvalue weighted by Gasteiger charge is -2.35. The maximum atomic E-state index is 12.9. The predicted octanol–water partition coefficient (Wildman–Crippen LogP) is 1.57. The first-order chi connectivity index (χ1) is 7.49. The lowest BCUT2D eigenvalue weighted by atomic mass is 10.1. The van der Waals surface area contributed by atoms with Crippen molar-refractivity contribution >= 4 is 0 Å². The highest BCUT2D eigenvalue weighted by atomic mass is 19.3. The number of hydrogen-bond donors (Lipinski definition) is 1. The second kappa shape index (κ2) is 4.49. The van der Waals surface area contributed by atoms with E-state index in [4.69, 9.17) is 0 Å². The van der Waals surface area contributed by atoms with E-state index in [1.807, 2.05) is 0 Å². The van der Waals surface area contributed by atoms with E-state index in [1.54, 1.807) is 0 Å². The summed E-state index contributed by atoms with van der Waals surface area (Å²) in [6, 6.07) is 0.210. The Morgan fingerprint density at radius 3 is 2.56 bits per heavy atom. The standard InChI is InChI=1S/C10H16F4N2/c11-9(12)10(13,14)6-16-4-3-15-8(5-16)7-1-2-7/h7-9,15H,1-6H2. The summed E-state index contributed by atoms with van der Waals surface area (Å²) in [4.78, 5) is 1.45. The van der Waals surface area contributed by atoms with Gasteiger partial charge in [-0.3, -0.25) is 4.90 Å². The van der Waals surface area contributed by atoms with Crippen molar-refractivity contribution in [3.05, 3.63) is 0 Å². The predicted molar refractivity (Wildman–Crippen MR) is 51.9 cm³/mol. The minimum Gasteiger partial charge on any atom is -0.311 e. The SMILES string of the molecule is FC(F)C(F)(F)CN1CCNC(C2CC2)C1. The molecule has 0 bridgehead atoms. The molecule has 1 heterocycles. The molecule has 0 aromatic heterocycles. The number of hydrogen-bond acceptors (Lipinski definition) is 2. The van der Waals surface area contributed by atoms with Crippen LogP contribution in [0.2, 0.25) is 0 Å². The largest absolute Gasteiger partial charge is 0.319 e. The lowest BCUT2D eigenvalue weighted by Crippen LogP contribution is -2.55. The van der Waals surface area contributed by atoms with Crippen LogP contribution in [0.3, 0.4) is 0 Å². The second-order valence-corrected chi connectivity index (χ2v) is 4.69. The van der Waals surface area contributed by atoms with E-state index in [-0.39, 0.29) is 6.04 Å². The van der Waals surface area contributed by atoms with E-state index in [1.165, 1.54) is 4.90 Å². The van der Waals surface area contributed by atoms with Crippen molar-refractivity contribution in [3.63, 3.8) is 0 Å². The fraction of sp³-hybridized carbons (Fsp3) is 1.00. The lowest BCUT2D eigenvalue weighted by molar-refractivity contribution is -0.144. The third-order valence-corrected chi connectivity index (χ3v) is 3.23. The summed E-state index contributed by atoms with van der Waals surface area (Å²) in [6.45, 7) is 0.675. The average molecular weight is 240 g/mol. The minimum atomic E-state index is -3.88. The zero-order valence-corrected chi connectivity index (χ0v) is 8.93. The molecule has 16 heavy (non-hydrogen) atoms. The van der Waals surface area contributed by atoms with Gasteiger partial charge in [0.2, 0.25) is 0 Å². The van der Waals surface area contributed by atoms with E-state index >= 15 is 0 Å². The molecule has 0 amide bonds. The summed E-state index contributed by atoms with van der Waals surface area (Å²) in [5.41, 5.74) is 0. The van der Waals surface area contributed by atoms with Gasteiger partial charge in [-0.1, -0.05) is 0 Å². The summed E-state index contributed by atoms with van der Waals surface area (Å²) >= 11 is 0. The molecule has 2 nitrogen and oxygen atoms in total. The Morgan fingerprint density at radius 2 is 2.00 bits per heavy atom. The number of alkyl halides is 4. The molecule has 1 saturated carbocycles. The number of piperazine rings is 1. The first-order valence-electron chi connectivity index (χ1n) is 5.61. The Bertz CT molecular complexity index is 243. The molecule has 0 spiro atoms. The number of rotatable bonds is 4. The van der Waals surface area contributed by atoms with Crippen LogP contribution in [0.5, 0.6) is 0 Å². The Balaban J connectivity index is 1.84. The molecular formula is C10H16F4N2. The van der Waals surface area contributed by atoms with Gasteiger partial charge >= 0.3 is 12.3 Å². The molecule has 2 aliphatic rings. The monoisotopic (exact) mass is 240 g/mol. The molecule has 2 rings (SSSR count). The van der Waals surface area contributed by atoms with E-state index in [9.17, 15) is 17.6 Å². The third-order valence-electron chi connectivity index (χ3n) is 3.23. The molecular weight excluding hydrogens is 224 g/mol. The van der Waals surface area contributed by atoms with Crippen molar-refractivity contribution in [3.8, 4) is 0 Å². The van der Waals surface area contributed by atoms with Gasteiger partial charge in [-0.15, -0.1) is 0 Å². The molecule has 1 saturated heterocycles. The van der Waals surface area contributed by atoms with Crippen molar-refractivity contribution < 1.29 is 17.6 Å². The molecule has 0 aromatic rings. The van der Waals surface area contributed by atoms with Gasteiger partial charge in [0.25, 0.3) is 0 Å². The van der Waals surface area contributed by atoms with Crippen LogP contribution in [0.4, 0.5) is 17.6 Å². The average Bonchev–Trinajstić information content (AvgIpc) is 3.00. The topological polar surface area (TPSA) is 15.3 Å². The molecule has 6 heteroatoms. The Kier molecular flexibility index (Phi) is 3.39. The smallest absolute Gasteiger partial charge is 0.311 e. The first-order valence-corrected chi connectivity index (χ1v) is 5.61. The van der Waals surface area contributed by atoms with Crippen molar-refractivity contribution in [1.29, 1.82) is 0 Å². The summed E-state index contributed by atoms with van der Waals surface area (Å²) in [6.07, 6.45) is -1.32. The molecule has 2 fully saturated rings. The van der Waals surface area contributed by atoms with Gasteiger partial charge in [0.1, 0.15) is 0 Å². The van der Waals surface area contributed by atoms with Gasteiger partial charge in [0, 0.05) is 25.7 Å². The van der Waals surface area contributed by atoms with Crippen LogP contribution in [-0.4, -0.2) is 49.5 Å². The zero-order valence-electron chi connectivity index (χ0n) is 8.93. The molecule has 1 atom stereocenters. The number of nitrogens with one attached hydrogen (secondary N) is 1. The maximum Gasteiger partial charge on any atom is 0.319 e. The highest BCUT2D eigenvalue weighted by Gasteiger charge is 2.44. The quantitative estimate of drug-likeness (QED) is 0.750. The first kappa shape index (κ1) is 12.1. The molecule has 1 aliphatic heterocycles. The van der Waals surface area contributed by atoms with Gasteiger partial charge < -0.3 is 5.32 Å². The van der Waals surface area contributed by atoms with Crippen molar-refractivity contribution in [1.82, 2.24) is 10.2 Å². The Hall–Kier alpha value is -0.360. The summed E-state index contributed by atoms with van der Waals surface area (Å²) in [7, 11) is 0. The highest BCUT2D eigenvalue weighted by molar-refractivity contribution is 4.92. The molecule has 0 radical (unpaired) electrons. The molecule has 1 N–H and O–H groups in total. The van der Waals surface area contributed by atoms with Crippen LogP contribution < -0.4 is 5.32 Å². The van der Waals surface area contributed by atoms with Gasteiger partial charge in [-0.2, -0.15) is 8.78 Å². The van der Waals surface area contributed by atoms with Gasteiger partial charge in [-0.05, 0) is 18.8 Å². The fourth-order valence-electron chi connectivity index (χ4n) is 2.17. The normalized spacial score (nSPS) is 28.7. The van der Waals surface area contributed by atoms with Crippen molar-refractivity contribution in [2.45, 2.75) is 31.2 Å². The summed E-state index contributed by atoms with van der Waals surface area (Å²) in [5.74, 6) is -3.33. The Morgan fingerprint density at radius 1 is 1.31 bits per heavy atom. The molecule has 1 aliphatic carbocycles. The third kappa shape index (κ3) is 2.85. The van der Waals surface area contributed by atoms with E-state index in [2.05, 4.69) is 5.32 Å². The fourth-order valence-corrected chi connectivity index (χ4v) is 2.17. The molecule has 94 valence electrons. The van der Waals surface area contributed by atoms with E-state index < -0.39 is 18.9 Å². The summed E-state index contributed by atoms with van der Waals surface area (Å²) in [5, 5.41) is 3.25. The zero-order chi connectivity index (χ0) is 11.8. The van der Waals surface area contributed by atoms with Gasteiger partial charge in [0.15, 0.2) is 0 Å². The van der Waals surface area contributed by atoms with Crippen LogP contribution in [0.25, 0.3) is 0 Å². The second-order valence-electron chi connectivity index (χ2n) is 4.69. The van der Waals surface area contributed by atoms with Crippen molar-refractivity contribution in [2.75, 3.05) is 26.2 Å². The van der Waals surface area contributed by atoms with Crippen LogP contribution in [0.1, 0.15) is 12.8 Å².